The van der Waals surface area contributed by atoms with Gasteiger partial charge in [-0.15, -0.1) is 0 Å². The predicted octanol–water partition coefficient (Wildman–Crippen LogP) is -3.81. The summed E-state index contributed by atoms with van der Waals surface area (Å²) in [5, 5.41) is 98.5. The number of likely N-dealkylation sites (tertiary alicyclic amines) is 2. The third-order valence-electron chi connectivity index (χ3n) is 24.3. The second-order valence-corrected chi connectivity index (χ2v) is 38.2. The highest BCUT2D eigenvalue weighted by Crippen LogP contribution is 2.26. The molecule has 2 aromatic heterocycles. The van der Waals surface area contributed by atoms with Crippen molar-refractivity contribution < 1.29 is 122 Å². The lowest BCUT2D eigenvalue weighted by Gasteiger charge is -2.32. The number of imidazole rings is 2. The fourth-order valence-corrected chi connectivity index (χ4v) is 16.4. The lowest BCUT2D eigenvalue weighted by Crippen LogP contribution is -2.62. The van der Waals surface area contributed by atoms with E-state index < -0.39 is 241 Å². The molecule has 3 aromatic carbocycles. The number of aliphatic hydroxyl groups excluding tert-OH is 2. The molecule has 0 aliphatic carbocycles. The number of phenolic OH excluding ortho intramolecular Hbond substituents is 3. The molecule has 0 spiro atoms. The second kappa shape index (κ2) is 57.5. The molecule has 48 heteroatoms. The van der Waals surface area contributed by atoms with E-state index in [9.17, 15) is 112 Å². The quantitative estimate of drug-likeness (QED) is 0.0177. The molecule has 2 saturated heterocycles. The van der Waals surface area contributed by atoms with Gasteiger partial charge in [-0.3, -0.25) is 86.3 Å². The molecule has 0 radical (unpaired) electrons. The van der Waals surface area contributed by atoms with Crippen LogP contribution < -0.4 is 91.2 Å². The number of aromatic amines is 2. The summed E-state index contributed by atoms with van der Waals surface area (Å²) in [5.74, 6) is -19.4. The fraction of sp³-hybridized carbons (Fsp3) is 0.557. The number of aromatic hydroxyl groups is 3. The third kappa shape index (κ3) is 38.2. The Kier molecular flexibility index (Phi) is 46.5. The number of benzene rings is 3. The number of nitrogens with two attached hydrogens (primary N) is 2. The smallest absolute Gasteiger partial charge is 0.326 e. The van der Waals surface area contributed by atoms with Crippen LogP contribution in [0.25, 0.3) is 0 Å². The topological polar surface area (TPSA) is 742 Å². The standard InChI is InChI=1S/C97H141N23O25/c1-12-54(10)81(118-93(140)77-16-14-32-120(77)95(142)72(35-52(6)7)115-85(132)65(29-30-78(99)126)108-87(134)66(33-50(2)3)110-83(130)64(98)46-121)94(141)114-67(34-51(4)5)88(135)113-71(41-60-43-101-49-105-60)90(137)112-70(40-59-42-100-48-104-59)86(133)106-55(11)82(129)109-69(38-57-19-25-62(124)26-20-57)89(136)116-73(36-53(8)9)96(143)119-31-13-15-76(119)92(139)117-75(47-122)91(138)111-68(37-56-17-23-61(123)24-18-56)84(131)103-44-79(127)102-45-80(128)107-74(97(144)145)39-58-21-27-63(125)28-22-58/h17-28,42-43,48-55,64-77,81,121-125H,12-16,29-41,44-47,98H2,1-11H3,(H2,99,126)(H,100,104)(H,101,105)(H,102,127)(H,103,131)(H,106,133)(H,107,128)(H,108,134)(H,109,129)(H,110,130)(H,111,138)(H,112,137)(H,113,135)(H,114,141)(H,115,132)(H,116,136)(H,117,139)(H,118,140)(H,144,145)/t54-,55-,64-,65-,66-,67-,68-,69-,70-,71-,72-,73-,74-,75-,76-,77-,81-/m0/s1. The Morgan fingerprint density at radius 2 is 0.752 bits per heavy atom. The summed E-state index contributed by atoms with van der Waals surface area (Å²) >= 11 is 0. The highest BCUT2D eigenvalue weighted by Gasteiger charge is 2.45. The van der Waals surface area contributed by atoms with Crippen molar-refractivity contribution in [3.63, 3.8) is 0 Å². The summed E-state index contributed by atoms with van der Waals surface area (Å²) in [6, 6.07) is -6.48. The second-order valence-electron chi connectivity index (χ2n) is 38.2. The fourth-order valence-electron chi connectivity index (χ4n) is 16.4. The van der Waals surface area contributed by atoms with Crippen molar-refractivity contribution >= 4 is 112 Å². The summed E-state index contributed by atoms with van der Waals surface area (Å²) in [4.78, 5) is 284. The third-order valence-corrected chi connectivity index (χ3v) is 24.3. The van der Waals surface area contributed by atoms with E-state index in [1.54, 1.807) is 69.2 Å². The number of nitrogens with zero attached hydrogens (tertiary/aromatic N) is 4. The van der Waals surface area contributed by atoms with E-state index in [0.717, 1.165) is 0 Å². The van der Waals surface area contributed by atoms with Crippen molar-refractivity contribution in [2.24, 2.45) is 41.1 Å². The molecule has 48 nitrogen and oxygen atoms in total. The Morgan fingerprint density at radius 1 is 0.393 bits per heavy atom. The lowest BCUT2D eigenvalue weighted by atomic mass is 9.96. The molecule has 0 unspecified atom stereocenters. The lowest BCUT2D eigenvalue weighted by molar-refractivity contribution is -0.143. The van der Waals surface area contributed by atoms with Crippen LogP contribution in [0, 0.1) is 29.6 Å². The van der Waals surface area contributed by atoms with E-state index in [0.29, 0.717) is 40.9 Å². The van der Waals surface area contributed by atoms with E-state index in [-0.39, 0.29) is 144 Å². The van der Waals surface area contributed by atoms with Gasteiger partial charge in [-0.1, -0.05) is 112 Å². The van der Waals surface area contributed by atoms with Crippen LogP contribution in [0.3, 0.4) is 0 Å². The van der Waals surface area contributed by atoms with Gasteiger partial charge in [0.1, 0.15) is 114 Å². The van der Waals surface area contributed by atoms with Crippen molar-refractivity contribution in [1.82, 2.24) is 109 Å². The number of rotatable bonds is 58. The molecule has 17 atom stereocenters. The van der Waals surface area contributed by atoms with Gasteiger partial charge in [0.15, 0.2) is 0 Å². The van der Waals surface area contributed by atoms with Gasteiger partial charge in [0.25, 0.3) is 0 Å². The average Bonchev–Trinajstić information content (AvgIpc) is 1.76. The first-order chi connectivity index (χ1) is 68.6. The number of carboxylic acids is 1. The predicted molar refractivity (Wildman–Crippen MR) is 522 cm³/mol. The van der Waals surface area contributed by atoms with Gasteiger partial charge in [0.2, 0.25) is 106 Å². The first kappa shape index (κ1) is 117. The SMILES string of the molecule is CC[C@H](C)[C@H](NC(=O)[C@@H]1CCCN1C(=O)[C@H](CC(C)C)NC(=O)[C@H](CCC(N)=O)NC(=O)[C@H](CC(C)C)NC(=O)[C@@H](N)CO)C(=O)N[C@@H](CC(C)C)C(=O)N[C@@H](Cc1cnc[nH]1)C(=O)N[C@@H](Cc1cnc[nH]1)C(=O)N[C@@H](C)C(=O)N[C@@H](Cc1ccc(O)cc1)C(=O)N[C@@H](CC(C)C)C(=O)N1CCC[C@H]1C(=O)N[C@@H](CO)C(=O)N[C@@H](Cc1ccc(O)cc1)C(=O)NCC(=O)NCC(=O)N[C@@H](Cc1ccc(O)cc1)C(=O)O. The number of hydrogen-bond acceptors (Lipinski definition) is 27. The number of primary amides is 1. The number of carbonyl (C=O) groups excluding carboxylic acids is 18. The number of amides is 18. The maximum absolute atomic E-state index is 15.1. The molecular formula is C97H141N23O25. The zero-order valence-corrected chi connectivity index (χ0v) is 83.3. The van der Waals surface area contributed by atoms with Crippen molar-refractivity contribution in [2.45, 2.75) is 276 Å². The Hall–Kier alpha value is -14.7. The summed E-state index contributed by atoms with van der Waals surface area (Å²) < 4.78 is 0. The van der Waals surface area contributed by atoms with Crippen molar-refractivity contribution in [3.05, 3.63) is 126 Å². The number of aromatic nitrogens is 4. The Labute approximate surface area is 838 Å². The highest BCUT2D eigenvalue weighted by atomic mass is 16.4. The number of H-pyrrole nitrogens is 2. The van der Waals surface area contributed by atoms with Gasteiger partial charge >= 0.3 is 5.97 Å². The molecule has 0 bridgehead atoms. The van der Waals surface area contributed by atoms with Crippen LogP contribution in [0.15, 0.2) is 97.8 Å². The highest BCUT2D eigenvalue weighted by molar-refractivity contribution is 6.02. The van der Waals surface area contributed by atoms with Gasteiger partial charge < -0.3 is 142 Å². The maximum atomic E-state index is 15.1. The first-order valence-electron chi connectivity index (χ1n) is 48.5. The minimum absolute atomic E-state index is 0.0157. The van der Waals surface area contributed by atoms with Crippen LogP contribution in [-0.4, -0.2) is 309 Å². The molecule has 0 saturated carbocycles. The van der Waals surface area contributed by atoms with E-state index in [2.05, 4.69) is 99.7 Å². The zero-order valence-electron chi connectivity index (χ0n) is 83.3. The van der Waals surface area contributed by atoms with E-state index in [1.807, 2.05) is 0 Å². The summed E-state index contributed by atoms with van der Waals surface area (Å²) in [6.07, 6.45) is 4.28. The number of carbonyl (C=O) groups is 19. The van der Waals surface area contributed by atoms with Gasteiger partial charge in [-0.05, 0) is 147 Å². The molecule has 794 valence electrons. The number of aliphatic hydroxyl groups is 2. The molecule has 145 heavy (non-hydrogen) atoms. The summed E-state index contributed by atoms with van der Waals surface area (Å²) in [6.45, 7) is 15.6. The van der Waals surface area contributed by atoms with Crippen molar-refractivity contribution in [1.29, 1.82) is 0 Å². The van der Waals surface area contributed by atoms with Crippen molar-refractivity contribution in [2.75, 3.05) is 39.4 Å². The van der Waals surface area contributed by atoms with Crippen LogP contribution >= 0.6 is 0 Å². The molecule has 4 heterocycles. The number of phenols is 3. The number of nitrogens with one attached hydrogen (secondary N) is 17. The van der Waals surface area contributed by atoms with Gasteiger partial charge in [0, 0.05) is 75.4 Å². The molecular weight excluding hydrogens is 1890 g/mol. The molecule has 2 aliphatic rings. The molecule has 5 aromatic rings. The van der Waals surface area contributed by atoms with Gasteiger partial charge in [-0.2, -0.15) is 0 Å². The van der Waals surface area contributed by atoms with Crippen LogP contribution in [0.5, 0.6) is 17.2 Å². The average molecular weight is 2030 g/mol. The van der Waals surface area contributed by atoms with E-state index in [1.165, 1.54) is 115 Å². The molecule has 7 rings (SSSR count). The zero-order chi connectivity index (χ0) is 107. The minimum atomic E-state index is -1.79. The summed E-state index contributed by atoms with van der Waals surface area (Å²) in [7, 11) is 0. The van der Waals surface area contributed by atoms with Gasteiger partial charge in [0.05, 0.1) is 39.0 Å². The first-order valence-corrected chi connectivity index (χ1v) is 48.5. The molecule has 2 fully saturated rings. The summed E-state index contributed by atoms with van der Waals surface area (Å²) in [5.41, 5.74) is 13.1. The Morgan fingerprint density at radius 3 is 1.16 bits per heavy atom. The maximum Gasteiger partial charge on any atom is 0.326 e. The minimum Gasteiger partial charge on any atom is -0.508 e. The Balaban J connectivity index is 1.03. The van der Waals surface area contributed by atoms with Crippen molar-refractivity contribution in [3.8, 4) is 17.2 Å². The molecule has 2 aliphatic heterocycles. The Bertz CT molecular complexity index is 5220. The van der Waals surface area contributed by atoms with Crippen LogP contribution in [0.1, 0.15) is 175 Å². The largest absolute Gasteiger partial charge is 0.508 e. The van der Waals surface area contributed by atoms with Crippen LogP contribution in [0.4, 0.5) is 0 Å². The van der Waals surface area contributed by atoms with Gasteiger partial charge in [-0.25, -0.2) is 14.8 Å². The number of carboxylic acid groups (broad SMARTS) is 1. The van der Waals surface area contributed by atoms with Crippen LogP contribution in [-0.2, 0) is 123 Å². The van der Waals surface area contributed by atoms with E-state index >= 15 is 9.59 Å². The molecule has 27 N–H and O–H groups in total. The number of hydrogen-bond donors (Lipinski definition) is 25. The monoisotopic (exact) mass is 2030 g/mol. The molecule has 18 amide bonds. The number of aliphatic carboxylic acids is 1. The van der Waals surface area contributed by atoms with Crippen LogP contribution in [0.2, 0.25) is 0 Å². The van der Waals surface area contributed by atoms with E-state index in [4.69, 9.17) is 11.5 Å². The normalized spacial score (nSPS) is 16.5.